The van der Waals surface area contributed by atoms with E-state index in [1.165, 1.54) is 59.1 Å². The summed E-state index contributed by atoms with van der Waals surface area (Å²) >= 11 is 1.88. The average molecular weight is 585 g/mol. The zero-order chi connectivity index (χ0) is 29.5. The molecule has 2 atom stereocenters. The number of hydrogen-bond donors (Lipinski definition) is 0. The molecule has 0 N–H and O–H groups in total. The van der Waals surface area contributed by atoms with Crippen molar-refractivity contribution in [2.24, 2.45) is 9.98 Å². The van der Waals surface area contributed by atoms with E-state index in [-0.39, 0.29) is 12.1 Å². The highest BCUT2D eigenvalue weighted by Gasteiger charge is 2.31. The van der Waals surface area contributed by atoms with E-state index < -0.39 is 0 Å². The van der Waals surface area contributed by atoms with Crippen LogP contribution in [0.1, 0.15) is 25.3 Å². The zero-order valence-corrected chi connectivity index (χ0v) is 25.5. The van der Waals surface area contributed by atoms with Gasteiger partial charge < -0.3 is 0 Å². The largest absolute Gasteiger partial charge is 0.281 e. The van der Waals surface area contributed by atoms with Gasteiger partial charge in [-0.05, 0) is 76.1 Å². The van der Waals surface area contributed by atoms with E-state index in [0.717, 1.165) is 24.1 Å². The second-order valence-electron chi connectivity index (χ2n) is 11.5. The molecule has 0 spiro atoms. The highest BCUT2D eigenvalue weighted by atomic mass is 32.1. The molecule has 44 heavy (non-hydrogen) atoms. The van der Waals surface area contributed by atoms with Gasteiger partial charge in [0.15, 0.2) is 0 Å². The van der Waals surface area contributed by atoms with E-state index in [1.54, 1.807) is 0 Å². The Bertz CT molecular complexity index is 2150. The second-order valence-corrected chi connectivity index (χ2v) is 12.6. The van der Waals surface area contributed by atoms with Crippen LogP contribution in [0.3, 0.4) is 0 Å². The molecule has 3 aliphatic rings. The molecule has 0 saturated heterocycles. The van der Waals surface area contributed by atoms with Crippen molar-refractivity contribution in [1.82, 2.24) is 0 Å². The summed E-state index contributed by atoms with van der Waals surface area (Å²) in [5.41, 5.74) is 10.7. The Morgan fingerprint density at radius 2 is 1.55 bits per heavy atom. The molecular weight excluding hydrogens is 553 g/mol. The third-order valence-corrected chi connectivity index (χ3v) is 9.94. The van der Waals surface area contributed by atoms with Gasteiger partial charge in [0.05, 0.1) is 11.8 Å². The maximum absolute atomic E-state index is 5.33. The summed E-state index contributed by atoms with van der Waals surface area (Å²) in [5, 5.41) is 2.66. The Hall–Kier alpha value is -4.86. The maximum Gasteiger partial charge on any atom is 0.102 e. The van der Waals surface area contributed by atoms with Crippen LogP contribution in [0, 0.1) is 0 Å². The lowest BCUT2D eigenvalue weighted by atomic mass is 9.83. The average Bonchev–Trinajstić information content (AvgIpc) is 3.28. The smallest absolute Gasteiger partial charge is 0.102 e. The molecule has 0 bridgehead atoms. The standard InChI is InChI=1S/C41H32N2S/c1-2-3-12-30-25-37-40(35-19-6-4-5-17-32(30)35)43-38(26-42-37)31-16-10-14-28(24-31)27-13-9-15-29(23-27)33-20-11-21-36-34-18-7-8-22-39(34)44-41(33)36/h3,5-26,37,40H,2,4H2,1H3. The van der Waals surface area contributed by atoms with Crippen LogP contribution in [0.5, 0.6) is 0 Å². The van der Waals surface area contributed by atoms with Crippen LogP contribution in [0.25, 0.3) is 42.4 Å². The van der Waals surface area contributed by atoms with Gasteiger partial charge in [-0.1, -0.05) is 116 Å². The van der Waals surface area contributed by atoms with Crippen molar-refractivity contribution in [2.75, 3.05) is 0 Å². The Balaban J connectivity index is 1.15. The number of allylic oxidation sites excluding steroid dienone is 7. The van der Waals surface area contributed by atoms with Gasteiger partial charge in [-0.15, -0.1) is 11.3 Å². The fourth-order valence-electron chi connectivity index (χ4n) is 6.56. The summed E-state index contributed by atoms with van der Waals surface area (Å²) in [5.74, 6) is 0. The summed E-state index contributed by atoms with van der Waals surface area (Å²) in [4.78, 5) is 10.4. The fourth-order valence-corrected chi connectivity index (χ4v) is 7.80. The first-order valence-corrected chi connectivity index (χ1v) is 16.3. The fraction of sp³-hybridized carbons (Fsp3) is 0.122. The minimum Gasteiger partial charge on any atom is -0.281 e. The first-order valence-electron chi connectivity index (χ1n) is 15.5. The minimum absolute atomic E-state index is 0.0154. The lowest BCUT2D eigenvalue weighted by Crippen LogP contribution is -2.32. The van der Waals surface area contributed by atoms with Gasteiger partial charge in [-0.3, -0.25) is 9.98 Å². The quantitative estimate of drug-likeness (QED) is 0.196. The summed E-state index contributed by atoms with van der Waals surface area (Å²) in [7, 11) is 0. The minimum atomic E-state index is -0.0171. The van der Waals surface area contributed by atoms with E-state index in [2.05, 4.69) is 140 Å². The van der Waals surface area contributed by atoms with Crippen LogP contribution >= 0.6 is 11.3 Å². The van der Waals surface area contributed by atoms with Crippen LogP contribution in [-0.4, -0.2) is 24.0 Å². The maximum atomic E-state index is 5.33. The number of nitrogens with zero attached hydrogens (tertiary/aromatic N) is 2. The molecule has 2 nitrogen and oxygen atoms in total. The normalized spacial score (nSPS) is 19.3. The number of hydrogen-bond acceptors (Lipinski definition) is 3. The molecule has 2 aliphatic carbocycles. The molecule has 2 heterocycles. The lowest BCUT2D eigenvalue weighted by Gasteiger charge is -2.30. The van der Waals surface area contributed by atoms with Crippen molar-refractivity contribution >= 4 is 43.4 Å². The molecule has 0 saturated carbocycles. The van der Waals surface area contributed by atoms with Crippen LogP contribution in [0.15, 0.2) is 160 Å². The monoisotopic (exact) mass is 584 g/mol. The first-order chi connectivity index (χ1) is 21.8. The molecule has 0 fully saturated rings. The Morgan fingerprint density at radius 3 is 2.43 bits per heavy atom. The Morgan fingerprint density at radius 1 is 0.795 bits per heavy atom. The predicted octanol–water partition coefficient (Wildman–Crippen LogP) is 10.7. The van der Waals surface area contributed by atoms with E-state index in [1.807, 2.05) is 17.6 Å². The predicted molar refractivity (Wildman–Crippen MR) is 190 cm³/mol. The summed E-state index contributed by atoms with van der Waals surface area (Å²) in [6, 6.07) is 33.1. The number of thiophene rings is 1. The van der Waals surface area contributed by atoms with Gasteiger partial charge in [0.1, 0.15) is 6.04 Å². The first kappa shape index (κ1) is 26.7. The summed E-state index contributed by atoms with van der Waals surface area (Å²) < 4.78 is 2.67. The second kappa shape index (κ2) is 11.3. The van der Waals surface area contributed by atoms with E-state index in [4.69, 9.17) is 9.98 Å². The third kappa shape index (κ3) is 4.74. The van der Waals surface area contributed by atoms with Gasteiger partial charge in [0.25, 0.3) is 0 Å². The van der Waals surface area contributed by atoms with Gasteiger partial charge in [0.2, 0.25) is 0 Å². The Labute approximate surface area is 262 Å². The number of aliphatic imine (C=N–C) groups is 2. The molecule has 1 aliphatic heterocycles. The molecular formula is C41H32N2S. The molecule has 2 unspecified atom stereocenters. The van der Waals surface area contributed by atoms with Crippen molar-refractivity contribution in [1.29, 1.82) is 0 Å². The van der Waals surface area contributed by atoms with Gasteiger partial charge in [-0.25, -0.2) is 0 Å². The summed E-state index contributed by atoms with van der Waals surface area (Å²) in [6.07, 6.45) is 19.7. The third-order valence-electron chi connectivity index (χ3n) is 8.72. The number of fused-ring (bicyclic) bond motifs is 5. The van der Waals surface area contributed by atoms with Crippen LogP contribution in [-0.2, 0) is 0 Å². The van der Waals surface area contributed by atoms with Gasteiger partial charge in [-0.2, -0.15) is 0 Å². The highest BCUT2D eigenvalue weighted by molar-refractivity contribution is 7.26. The van der Waals surface area contributed by atoms with Gasteiger partial charge in [0, 0.05) is 32.0 Å². The topological polar surface area (TPSA) is 24.7 Å². The van der Waals surface area contributed by atoms with Crippen molar-refractivity contribution in [2.45, 2.75) is 31.8 Å². The van der Waals surface area contributed by atoms with Crippen LogP contribution in [0.2, 0.25) is 0 Å². The number of rotatable bonds is 5. The summed E-state index contributed by atoms with van der Waals surface area (Å²) in [6.45, 7) is 2.17. The van der Waals surface area contributed by atoms with Crippen molar-refractivity contribution in [3.8, 4) is 22.3 Å². The van der Waals surface area contributed by atoms with Crippen molar-refractivity contribution in [3.05, 3.63) is 156 Å². The molecule has 1 aromatic heterocycles. The number of benzene rings is 4. The zero-order valence-electron chi connectivity index (χ0n) is 24.7. The van der Waals surface area contributed by atoms with Crippen molar-refractivity contribution < 1.29 is 0 Å². The molecule has 4 aromatic carbocycles. The molecule has 0 radical (unpaired) electrons. The SMILES string of the molecule is CCC=CC1=CC2N=CC(c3cccc(-c4cccc(-c5cccc6c5sc5ccccc56)c4)c3)=NC2C2=C1C=CCC=C2. The lowest BCUT2D eigenvalue weighted by molar-refractivity contribution is 0.671. The van der Waals surface area contributed by atoms with Crippen LogP contribution in [0.4, 0.5) is 0 Å². The molecule has 0 amide bonds. The van der Waals surface area contributed by atoms with E-state index >= 15 is 0 Å². The Kier molecular flexibility index (Phi) is 6.89. The van der Waals surface area contributed by atoms with Gasteiger partial charge >= 0.3 is 0 Å². The molecule has 8 rings (SSSR count). The molecule has 5 aromatic rings. The van der Waals surface area contributed by atoms with E-state index in [9.17, 15) is 0 Å². The van der Waals surface area contributed by atoms with Crippen LogP contribution < -0.4 is 0 Å². The molecule has 3 heteroatoms. The highest BCUT2D eigenvalue weighted by Crippen LogP contribution is 2.41. The van der Waals surface area contributed by atoms with Crippen molar-refractivity contribution in [3.63, 3.8) is 0 Å². The van der Waals surface area contributed by atoms with E-state index in [0.29, 0.717) is 0 Å². The molecule has 212 valence electrons.